The predicted octanol–water partition coefficient (Wildman–Crippen LogP) is 8.13. The van der Waals surface area contributed by atoms with Crippen LogP contribution in [0.25, 0.3) is 11.6 Å². The number of ether oxygens (including phenoxy) is 1. The van der Waals surface area contributed by atoms with E-state index >= 15 is 0 Å². The first-order valence-electron chi connectivity index (χ1n) is 21.1. The quantitative estimate of drug-likeness (QED) is 0.180. The molecule has 0 unspecified atom stereocenters. The van der Waals surface area contributed by atoms with E-state index in [0.717, 1.165) is 75.2 Å². The van der Waals surface area contributed by atoms with E-state index in [1.54, 1.807) is 13.8 Å². The van der Waals surface area contributed by atoms with Crippen molar-refractivity contribution < 1.29 is 28.6 Å². The van der Waals surface area contributed by atoms with E-state index in [-0.39, 0.29) is 46.4 Å². The fourth-order valence-electron chi connectivity index (χ4n) is 12.0. The first-order chi connectivity index (χ1) is 26.3. The number of rotatable bonds is 14. The van der Waals surface area contributed by atoms with Crippen LogP contribution in [0.15, 0.2) is 23.5 Å². The van der Waals surface area contributed by atoms with Crippen LogP contribution in [0, 0.1) is 51.1 Å². The highest BCUT2D eigenvalue weighted by Crippen LogP contribution is 2.74. The maximum Gasteiger partial charge on any atom is 0.309 e. The van der Waals surface area contributed by atoms with Gasteiger partial charge in [0.25, 0.3) is 0 Å². The Morgan fingerprint density at radius 2 is 1.77 bits per heavy atom. The van der Waals surface area contributed by atoms with E-state index in [0.29, 0.717) is 49.4 Å². The van der Waals surface area contributed by atoms with Crippen molar-refractivity contribution in [3.63, 3.8) is 0 Å². The lowest BCUT2D eigenvalue weighted by molar-refractivity contribution is -0.184. The number of ketones is 1. The van der Waals surface area contributed by atoms with Crippen molar-refractivity contribution in [3.8, 4) is 11.6 Å². The number of allylic oxidation sites excluding steroid dienone is 2. The van der Waals surface area contributed by atoms with E-state index in [1.807, 2.05) is 14.0 Å². The summed E-state index contributed by atoms with van der Waals surface area (Å²) in [5, 5.41) is 22.4. The molecule has 6 rings (SSSR count). The van der Waals surface area contributed by atoms with Gasteiger partial charge in [0.05, 0.1) is 29.6 Å². The molecule has 2 heterocycles. The number of carbonyl (C=O) groups excluding carboxylic acids is 2. The Hall–Kier alpha value is -3.54. The molecule has 2 N–H and O–H groups in total. The maximum absolute atomic E-state index is 14.4. The van der Waals surface area contributed by atoms with Crippen LogP contribution in [0.5, 0.6) is 0 Å². The van der Waals surface area contributed by atoms with Gasteiger partial charge in [0.1, 0.15) is 11.9 Å². The summed E-state index contributed by atoms with van der Waals surface area (Å²) >= 11 is 0. The summed E-state index contributed by atoms with van der Waals surface area (Å²) < 4.78 is 21.9. The van der Waals surface area contributed by atoms with E-state index in [4.69, 9.17) is 9.84 Å². The number of nitrogens with one attached hydrogen (secondary N) is 1. The number of fused-ring (bicyclic) bond motifs is 5. The summed E-state index contributed by atoms with van der Waals surface area (Å²) in [6.45, 7) is 20.6. The predicted molar refractivity (Wildman–Crippen MR) is 212 cm³/mol. The summed E-state index contributed by atoms with van der Waals surface area (Å²) in [7, 11) is 1.90. The number of carboxylic acids is 1. The SMILES string of the molecule is CC[C@H](CC[C@@]1(C)[C@H](C)CC[C@]2(C)[C@@H]1CC[C@@H]1C3=C(C(C)C)C(=O)C[C@]3(c3nnc(-c4ncc(F)cn4)n3CCNC)CC[C@]12C)OC(=O)CC(C)(C)C(=O)O. The van der Waals surface area contributed by atoms with E-state index in [9.17, 15) is 23.9 Å². The van der Waals surface area contributed by atoms with Crippen molar-refractivity contribution in [2.45, 2.75) is 151 Å². The lowest BCUT2D eigenvalue weighted by Crippen LogP contribution is -2.62. The van der Waals surface area contributed by atoms with Gasteiger partial charge in [-0.05, 0) is 130 Å². The number of Topliss-reactive ketones (excluding diaryl/α,β-unsaturated/α-hetero) is 1. The van der Waals surface area contributed by atoms with Crippen LogP contribution in [-0.4, -0.2) is 67.3 Å². The Balaban J connectivity index is 1.35. The van der Waals surface area contributed by atoms with Crippen LogP contribution >= 0.6 is 0 Å². The largest absolute Gasteiger partial charge is 0.481 e. The van der Waals surface area contributed by atoms with Crippen LogP contribution in [0.3, 0.4) is 0 Å². The smallest absolute Gasteiger partial charge is 0.309 e. The van der Waals surface area contributed by atoms with Crippen LogP contribution < -0.4 is 5.32 Å². The second-order valence-electron chi connectivity index (χ2n) is 19.4. The molecule has 0 amide bonds. The Kier molecular flexibility index (Phi) is 11.5. The van der Waals surface area contributed by atoms with Crippen LogP contribution in [0.4, 0.5) is 4.39 Å². The molecular formula is C44H65FN6O5. The number of halogens is 1. The standard InChI is InChI=1S/C44H65FN6O5/c1-11-29(56-33(53)23-40(5,6)39(54)55)15-16-41(7)27(4)14-17-43(9)32(41)13-12-30-35-34(26(2)3)31(52)22-44(35,19-18-42(30,43)8)38-50-49-37(51(38)21-20-46-10)36-47-24-28(45)25-48-36/h24-27,29-30,32,46H,11-23H2,1-10H3,(H,54,55)/t27-,29-,30-,32-,41+,42-,43-,44-/m1/s1. The Morgan fingerprint density at radius 1 is 1.07 bits per heavy atom. The second-order valence-corrected chi connectivity index (χ2v) is 19.4. The number of carboxylic acid groups (broad SMARTS) is 1. The number of hydrogen-bond acceptors (Lipinski definition) is 9. The first kappa shape index (κ1) is 42.1. The minimum atomic E-state index is -1.18. The Bertz CT molecular complexity index is 1860. The van der Waals surface area contributed by atoms with Crippen LogP contribution in [0.1, 0.15) is 139 Å². The van der Waals surface area contributed by atoms with Crippen molar-refractivity contribution in [3.05, 3.63) is 35.2 Å². The third kappa shape index (κ3) is 6.83. The average molecular weight is 777 g/mol. The Morgan fingerprint density at radius 3 is 2.39 bits per heavy atom. The molecule has 0 aromatic carbocycles. The van der Waals surface area contributed by atoms with Gasteiger partial charge in [-0.3, -0.25) is 14.4 Å². The van der Waals surface area contributed by atoms with Gasteiger partial charge in [0.15, 0.2) is 17.4 Å². The molecule has 2 aromatic rings. The van der Waals surface area contributed by atoms with Crippen molar-refractivity contribution in [1.29, 1.82) is 0 Å². The van der Waals surface area contributed by atoms with Gasteiger partial charge in [0, 0.05) is 19.5 Å². The number of aliphatic carboxylic acids is 1. The van der Waals surface area contributed by atoms with Crippen molar-refractivity contribution >= 4 is 17.7 Å². The van der Waals surface area contributed by atoms with Gasteiger partial charge in [-0.1, -0.05) is 48.5 Å². The molecule has 11 nitrogen and oxygen atoms in total. The lowest BCUT2D eigenvalue weighted by Gasteiger charge is -2.69. The normalized spacial score (nSPS) is 32.2. The molecular weight excluding hydrogens is 712 g/mol. The van der Waals surface area contributed by atoms with Crippen LogP contribution in [-0.2, 0) is 31.1 Å². The minimum absolute atomic E-state index is 0.000871. The highest BCUT2D eigenvalue weighted by atomic mass is 19.1. The van der Waals surface area contributed by atoms with Gasteiger partial charge < -0.3 is 19.7 Å². The number of likely N-dealkylation sites (N-methyl/N-ethyl adjacent to an activating group) is 1. The number of hydrogen-bond donors (Lipinski definition) is 2. The van der Waals surface area contributed by atoms with Gasteiger partial charge in [-0.2, -0.15) is 0 Å². The average Bonchev–Trinajstić information content (AvgIpc) is 3.70. The Labute approximate surface area is 332 Å². The molecule has 56 heavy (non-hydrogen) atoms. The highest BCUT2D eigenvalue weighted by Gasteiger charge is 2.68. The van der Waals surface area contributed by atoms with E-state index in [2.05, 4.69) is 66.5 Å². The van der Waals surface area contributed by atoms with Crippen molar-refractivity contribution in [2.75, 3.05) is 13.6 Å². The van der Waals surface area contributed by atoms with E-state index < -0.39 is 28.6 Å². The zero-order valence-electron chi connectivity index (χ0n) is 35.4. The topological polar surface area (TPSA) is 149 Å². The van der Waals surface area contributed by atoms with Gasteiger partial charge >= 0.3 is 11.9 Å². The summed E-state index contributed by atoms with van der Waals surface area (Å²) in [6, 6.07) is 0. The zero-order chi connectivity index (χ0) is 41.0. The number of carbonyl (C=O) groups is 3. The molecule has 0 bridgehead atoms. The van der Waals surface area contributed by atoms with Gasteiger partial charge in [0.2, 0.25) is 5.82 Å². The fraction of sp³-hybridized carbons (Fsp3) is 0.750. The highest BCUT2D eigenvalue weighted by molar-refractivity contribution is 6.01. The molecule has 0 spiro atoms. The molecule has 12 heteroatoms. The monoisotopic (exact) mass is 777 g/mol. The summed E-state index contributed by atoms with van der Waals surface area (Å²) in [5.41, 5.74) is 0.410. The van der Waals surface area contributed by atoms with Gasteiger partial charge in [-0.25, -0.2) is 14.4 Å². The van der Waals surface area contributed by atoms with Gasteiger partial charge in [-0.15, -0.1) is 10.2 Å². The zero-order valence-corrected chi connectivity index (χ0v) is 35.4. The molecule has 308 valence electrons. The fourth-order valence-corrected chi connectivity index (χ4v) is 12.0. The molecule has 0 saturated heterocycles. The molecule has 8 atom stereocenters. The molecule has 2 aromatic heterocycles. The molecule has 3 saturated carbocycles. The summed E-state index contributed by atoms with van der Waals surface area (Å²) in [5.74, 6) is 1.00. The molecule has 3 fully saturated rings. The van der Waals surface area contributed by atoms with Crippen LogP contribution in [0.2, 0.25) is 0 Å². The minimum Gasteiger partial charge on any atom is -0.481 e. The number of esters is 1. The number of nitrogens with zero attached hydrogens (tertiary/aromatic N) is 5. The molecule has 4 aliphatic carbocycles. The summed E-state index contributed by atoms with van der Waals surface area (Å²) in [6.07, 6.45) is 10.6. The first-order valence-corrected chi connectivity index (χ1v) is 21.1. The van der Waals surface area contributed by atoms with Crippen molar-refractivity contribution in [2.24, 2.45) is 45.3 Å². The number of aromatic nitrogens is 5. The molecule has 0 radical (unpaired) electrons. The third-order valence-electron chi connectivity index (χ3n) is 15.7. The van der Waals surface area contributed by atoms with E-state index in [1.165, 1.54) is 5.57 Å². The lowest BCUT2D eigenvalue weighted by atomic mass is 9.35. The molecule has 0 aliphatic heterocycles. The maximum atomic E-state index is 14.4. The second kappa shape index (κ2) is 15.3. The third-order valence-corrected chi connectivity index (χ3v) is 15.7. The van der Waals surface area contributed by atoms with Crippen molar-refractivity contribution in [1.82, 2.24) is 30.0 Å². The summed E-state index contributed by atoms with van der Waals surface area (Å²) in [4.78, 5) is 47.6. The molecule has 4 aliphatic rings.